The summed E-state index contributed by atoms with van der Waals surface area (Å²) in [5.41, 5.74) is 7.06. The summed E-state index contributed by atoms with van der Waals surface area (Å²) in [7, 11) is 0. The van der Waals surface area contributed by atoms with Gasteiger partial charge in [-0.3, -0.25) is 14.9 Å². The van der Waals surface area contributed by atoms with Crippen LogP contribution in [0.25, 0.3) is 0 Å². The van der Waals surface area contributed by atoms with Crippen molar-refractivity contribution in [2.24, 2.45) is 11.7 Å². The number of carbonyl (C=O) groups is 2. The van der Waals surface area contributed by atoms with Gasteiger partial charge in [-0.15, -0.1) is 11.3 Å². The lowest BCUT2D eigenvalue weighted by molar-refractivity contribution is 0.0975. The number of benzene rings is 1. The van der Waals surface area contributed by atoms with Gasteiger partial charge in [0, 0.05) is 10.4 Å². The highest BCUT2D eigenvalue weighted by atomic mass is 32.1. The lowest BCUT2D eigenvalue weighted by Crippen LogP contribution is -2.34. The molecular formula is C19H23N3O3S2. The molecule has 0 aliphatic heterocycles. The van der Waals surface area contributed by atoms with Crippen molar-refractivity contribution in [3.63, 3.8) is 0 Å². The summed E-state index contributed by atoms with van der Waals surface area (Å²) in [6.07, 6.45) is 0. The number of anilines is 1. The number of nitrogens with two attached hydrogens (primary N) is 1. The normalized spacial score (nSPS) is 10.6. The number of ether oxygens (including phenoxy) is 1. The summed E-state index contributed by atoms with van der Waals surface area (Å²) in [5, 5.41) is 6.13. The van der Waals surface area contributed by atoms with Gasteiger partial charge in [0.1, 0.15) is 10.8 Å². The Morgan fingerprint density at radius 2 is 2.00 bits per heavy atom. The Labute approximate surface area is 168 Å². The topological polar surface area (TPSA) is 93.4 Å². The molecule has 0 fully saturated rings. The van der Waals surface area contributed by atoms with E-state index in [-0.39, 0.29) is 11.0 Å². The van der Waals surface area contributed by atoms with Crippen molar-refractivity contribution in [1.82, 2.24) is 5.32 Å². The van der Waals surface area contributed by atoms with Gasteiger partial charge in [0.05, 0.1) is 12.2 Å². The van der Waals surface area contributed by atoms with Gasteiger partial charge < -0.3 is 15.8 Å². The minimum Gasteiger partial charge on any atom is -0.493 e. The number of amides is 2. The molecule has 2 rings (SSSR count). The van der Waals surface area contributed by atoms with Crippen molar-refractivity contribution in [3.05, 3.63) is 45.8 Å². The van der Waals surface area contributed by atoms with Crippen LogP contribution in [0.1, 0.15) is 45.0 Å². The highest BCUT2D eigenvalue weighted by Gasteiger charge is 2.19. The van der Waals surface area contributed by atoms with E-state index in [0.29, 0.717) is 34.4 Å². The van der Waals surface area contributed by atoms with Crippen LogP contribution >= 0.6 is 23.6 Å². The largest absolute Gasteiger partial charge is 0.493 e. The summed E-state index contributed by atoms with van der Waals surface area (Å²) in [4.78, 5) is 25.1. The van der Waals surface area contributed by atoms with E-state index >= 15 is 0 Å². The molecule has 0 saturated heterocycles. The fourth-order valence-electron chi connectivity index (χ4n) is 2.31. The van der Waals surface area contributed by atoms with Gasteiger partial charge in [0.2, 0.25) is 0 Å². The van der Waals surface area contributed by atoms with E-state index < -0.39 is 5.91 Å². The molecule has 0 radical (unpaired) electrons. The fraction of sp³-hybridized carbons (Fsp3) is 0.316. The number of carbonyl (C=O) groups excluding carboxylic acids is 2. The number of hydrogen-bond acceptors (Lipinski definition) is 5. The van der Waals surface area contributed by atoms with Crippen molar-refractivity contribution in [1.29, 1.82) is 0 Å². The summed E-state index contributed by atoms with van der Waals surface area (Å²) in [5.74, 6) is 0.101. The second-order valence-corrected chi connectivity index (χ2v) is 8.13. The SMILES string of the molecule is Cc1sc(NC(=S)NC(=O)c2cccc(OCC(C)C)c2)c(C(N)=O)c1C. The van der Waals surface area contributed by atoms with Crippen LogP contribution in [-0.4, -0.2) is 23.5 Å². The Bertz CT molecular complexity index is 875. The first-order chi connectivity index (χ1) is 12.7. The number of thiophene rings is 1. The summed E-state index contributed by atoms with van der Waals surface area (Å²) in [6.45, 7) is 8.38. The minimum absolute atomic E-state index is 0.0947. The average molecular weight is 406 g/mol. The molecule has 0 aliphatic carbocycles. The van der Waals surface area contributed by atoms with Crippen molar-refractivity contribution in [3.8, 4) is 5.75 Å². The zero-order valence-corrected chi connectivity index (χ0v) is 17.3. The van der Waals surface area contributed by atoms with Crippen molar-refractivity contribution in [2.75, 3.05) is 11.9 Å². The molecule has 6 nitrogen and oxygen atoms in total. The monoisotopic (exact) mass is 405 g/mol. The first-order valence-electron chi connectivity index (χ1n) is 8.44. The molecule has 8 heteroatoms. The van der Waals surface area contributed by atoms with Crippen LogP contribution in [0.3, 0.4) is 0 Å². The van der Waals surface area contributed by atoms with E-state index in [0.717, 1.165) is 10.4 Å². The standard InChI is InChI=1S/C19H23N3O3S2/c1-10(2)9-25-14-7-5-6-13(8-14)17(24)21-19(26)22-18-15(16(20)23)11(3)12(4)27-18/h5-8,10H,9H2,1-4H3,(H2,20,23)(H2,21,22,24,26). The Morgan fingerprint density at radius 1 is 1.30 bits per heavy atom. The second-order valence-electron chi connectivity index (χ2n) is 6.49. The summed E-state index contributed by atoms with van der Waals surface area (Å²) < 4.78 is 5.64. The van der Waals surface area contributed by atoms with E-state index in [1.807, 2.05) is 13.8 Å². The van der Waals surface area contributed by atoms with Gasteiger partial charge in [-0.1, -0.05) is 19.9 Å². The van der Waals surface area contributed by atoms with E-state index in [9.17, 15) is 9.59 Å². The van der Waals surface area contributed by atoms with Gasteiger partial charge in [-0.25, -0.2) is 0 Å². The number of primary amides is 1. The number of aryl methyl sites for hydroxylation is 1. The molecule has 0 bridgehead atoms. The zero-order valence-electron chi connectivity index (χ0n) is 15.7. The molecule has 0 spiro atoms. The molecule has 1 aromatic heterocycles. The Kier molecular flexibility index (Phi) is 6.92. The third kappa shape index (κ3) is 5.51. The number of nitrogens with one attached hydrogen (secondary N) is 2. The maximum atomic E-state index is 12.4. The van der Waals surface area contributed by atoms with Crippen LogP contribution in [0, 0.1) is 19.8 Å². The lowest BCUT2D eigenvalue weighted by atomic mass is 10.1. The first kappa shape index (κ1) is 20.9. The van der Waals surface area contributed by atoms with Crippen LogP contribution < -0.4 is 21.1 Å². The molecule has 0 atom stereocenters. The molecule has 0 aliphatic rings. The predicted molar refractivity (Wildman–Crippen MR) is 113 cm³/mol. The van der Waals surface area contributed by atoms with E-state index in [2.05, 4.69) is 24.5 Å². The maximum absolute atomic E-state index is 12.4. The quantitative estimate of drug-likeness (QED) is 0.638. The molecule has 4 N–H and O–H groups in total. The number of hydrogen-bond donors (Lipinski definition) is 3. The molecule has 2 amide bonds. The summed E-state index contributed by atoms with van der Waals surface area (Å²) >= 11 is 6.57. The van der Waals surface area contributed by atoms with E-state index in [4.69, 9.17) is 22.7 Å². The molecule has 144 valence electrons. The smallest absolute Gasteiger partial charge is 0.257 e. The zero-order chi connectivity index (χ0) is 20.1. The van der Waals surface area contributed by atoms with Gasteiger partial charge in [0.25, 0.3) is 11.8 Å². The Morgan fingerprint density at radius 3 is 2.63 bits per heavy atom. The molecule has 1 heterocycles. The van der Waals surface area contributed by atoms with Crippen LogP contribution in [0.5, 0.6) is 5.75 Å². The first-order valence-corrected chi connectivity index (χ1v) is 9.66. The third-order valence-corrected chi connectivity index (χ3v) is 5.09. The van der Waals surface area contributed by atoms with Crippen LogP contribution in [0.2, 0.25) is 0 Å². The maximum Gasteiger partial charge on any atom is 0.257 e. The Hall–Kier alpha value is -2.45. The number of rotatable bonds is 6. The highest BCUT2D eigenvalue weighted by molar-refractivity contribution is 7.80. The van der Waals surface area contributed by atoms with Crippen LogP contribution in [0.4, 0.5) is 5.00 Å². The molecule has 1 aromatic carbocycles. The van der Waals surface area contributed by atoms with Crippen molar-refractivity contribution < 1.29 is 14.3 Å². The molecular weight excluding hydrogens is 382 g/mol. The lowest BCUT2D eigenvalue weighted by Gasteiger charge is -2.11. The van der Waals surface area contributed by atoms with Crippen LogP contribution in [-0.2, 0) is 0 Å². The van der Waals surface area contributed by atoms with Gasteiger partial charge in [-0.2, -0.15) is 0 Å². The average Bonchev–Trinajstić information content (AvgIpc) is 2.86. The fourth-order valence-corrected chi connectivity index (χ4v) is 3.64. The van der Waals surface area contributed by atoms with Gasteiger partial charge >= 0.3 is 0 Å². The Balaban J connectivity index is 2.06. The molecule has 0 saturated carbocycles. The summed E-state index contributed by atoms with van der Waals surface area (Å²) in [6, 6.07) is 6.88. The van der Waals surface area contributed by atoms with E-state index in [1.165, 1.54) is 11.3 Å². The molecule has 27 heavy (non-hydrogen) atoms. The van der Waals surface area contributed by atoms with Crippen molar-refractivity contribution >= 4 is 45.5 Å². The predicted octanol–water partition coefficient (Wildman–Crippen LogP) is 3.63. The molecule has 2 aromatic rings. The third-order valence-electron chi connectivity index (χ3n) is 3.77. The minimum atomic E-state index is -0.538. The van der Waals surface area contributed by atoms with E-state index in [1.54, 1.807) is 24.3 Å². The second kappa shape index (κ2) is 8.96. The molecule has 0 unspecified atom stereocenters. The highest BCUT2D eigenvalue weighted by Crippen LogP contribution is 2.31. The number of thiocarbonyl (C=S) groups is 1. The van der Waals surface area contributed by atoms with Gasteiger partial charge in [-0.05, 0) is 55.7 Å². The van der Waals surface area contributed by atoms with Crippen LogP contribution in [0.15, 0.2) is 24.3 Å². The van der Waals surface area contributed by atoms with Crippen molar-refractivity contribution in [2.45, 2.75) is 27.7 Å². The van der Waals surface area contributed by atoms with Gasteiger partial charge in [0.15, 0.2) is 5.11 Å².